The molecule has 0 rings (SSSR count). The van der Waals surface area contributed by atoms with E-state index in [4.69, 9.17) is 0 Å². The Labute approximate surface area is 122 Å². The SMILES string of the molecule is CCC[I-]N(CC)C(C)C(C)(O)C(F)(F)F.[Ni]. The molecule has 0 bridgehead atoms. The first-order chi connectivity index (χ1) is 7.18. The van der Waals surface area contributed by atoms with Gasteiger partial charge in [0.05, 0.1) is 0 Å². The van der Waals surface area contributed by atoms with Gasteiger partial charge in [-0.15, -0.1) is 0 Å². The second-order valence-corrected chi connectivity index (χ2v) is 6.85. The summed E-state index contributed by atoms with van der Waals surface area (Å²) in [6.07, 6.45) is -3.60. The molecule has 0 aliphatic rings. The number of rotatable bonds is 6. The number of hydrogen-bond donors (Lipinski definition) is 1. The van der Waals surface area contributed by atoms with Gasteiger partial charge in [-0.25, -0.2) is 0 Å². The number of aliphatic hydroxyl groups is 1. The minimum atomic E-state index is -4.57. The van der Waals surface area contributed by atoms with E-state index in [9.17, 15) is 18.3 Å². The number of hydrogen-bond acceptors (Lipinski definition) is 2. The van der Waals surface area contributed by atoms with E-state index in [1.165, 1.54) is 6.92 Å². The van der Waals surface area contributed by atoms with Crippen molar-refractivity contribution >= 4 is 0 Å². The van der Waals surface area contributed by atoms with E-state index < -0.39 is 39.3 Å². The summed E-state index contributed by atoms with van der Waals surface area (Å²) in [6.45, 7) is 6.71. The molecule has 0 aliphatic carbocycles. The van der Waals surface area contributed by atoms with Gasteiger partial charge in [0.25, 0.3) is 0 Å². The van der Waals surface area contributed by atoms with Gasteiger partial charge < -0.3 is 0 Å². The van der Waals surface area contributed by atoms with Gasteiger partial charge in [0.15, 0.2) is 0 Å². The van der Waals surface area contributed by atoms with Crippen LogP contribution in [-0.2, 0) is 16.5 Å². The maximum absolute atomic E-state index is 12.6. The van der Waals surface area contributed by atoms with Gasteiger partial charge >= 0.3 is 106 Å². The average Bonchev–Trinajstić information content (AvgIpc) is 2.16. The Kier molecular flexibility index (Phi) is 9.74. The molecule has 0 aromatic rings. The molecule has 0 aromatic carbocycles. The van der Waals surface area contributed by atoms with Crippen LogP contribution >= 0.6 is 0 Å². The average molecular weight is 413 g/mol. The van der Waals surface area contributed by atoms with Crippen LogP contribution in [0.25, 0.3) is 0 Å². The maximum atomic E-state index is 12.6. The first kappa shape index (κ1) is 20.3. The molecule has 0 aliphatic heterocycles. The Hall–Kier alpha value is 0.934. The molecule has 2 nitrogen and oxygen atoms in total. The number of alkyl halides is 4. The standard InChI is InChI=1S/C10H20F3INO.Ni/c1-5-7-14-15(6-2)8(3)9(4,16)10(11,12)13;/h8,16H,5-7H2,1-4H3;/q-1;. The zero-order valence-electron chi connectivity index (χ0n) is 10.4. The van der Waals surface area contributed by atoms with Crippen molar-refractivity contribution in [2.45, 2.75) is 51.9 Å². The molecular weight excluding hydrogens is 393 g/mol. The predicted octanol–water partition coefficient (Wildman–Crippen LogP) is -0.578. The fraction of sp³-hybridized carbons (Fsp3) is 1.00. The van der Waals surface area contributed by atoms with Crippen LogP contribution in [0.2, 0.25) is 0 Å². The van der Waals surface area contributed by atoms with Crippen LogP contribution in [0.15, 0.2) is 0 Å². The van der Waals surface area contributed by atoms with Crippen LogP contribution in [0, 0.1) is 0 Å². The van der Waals surface area contributed by atoms with Crippen molar-refractivity contribution in [1.82, 2.24) is 3.11 Å². The minimum Gasteiger partial charge on any atom is 0 e. The molecule has 1 N–H and O–H groups in total. The topological polar surface area (TPSA) is 23.5 Å². The van der Waals surface area contributed by atoms with E-state index in [0.29, 0.717) is 6.54 Å². The summed E-state index contributed by atoms with van der Waals surface area (Å²) in [5.74, 6) is 0. The summed E-state index contributed by atoms with van der Waals surface area (Å²) in [4.78, 5) is 0. The summed E-state index contributed by atoms with van der Waals surface area (Å²) in [7, 11) is 0. The summed E-state index contributed by atoms with van der Waals surface area (Å²) in [5.41, 5.74) is -2.63. The van der Waals surface area contributed by atoms with Gasteiger partial charge in [-0.2, -0.15) is 0 Å². The van der Waals surface area contributed by atoms with Crippen LogP contribution in [0.3, 0.4) is 0 Å². The quantitative estimate of drug-likeness (QED) is 0.273. The van der Waals surface area contributed by atoms with Crippen LogP contribution in [0.5, 0.6) is 0 Å². The summed E-state index contributed by atoms with van der Waals surface area (Å²) >= 11 is -0.422. The maximum Gasteiger partial charge on any atom is 0 e. The fourth-order valence-electron chi connectivity index (χ4n) is 1.16. The molecule has 0 radical (unpaired) electrons. The van der Waals surface area contributed by atoms with Gasteiger partial charge in [0, 0.05) is 16.5 Å². The Morgan fingerprint density at radius 3 is 2.06 bits per heavy atom. The van der Waals surface area contributed by atoms with E-state index in [1.807, 2.05) is 13.8 Å². The predicted molar refractivity (Wildman–Crippen MR) is 53.7 cm³/mol. The molecule has 0 saturated carbocycles. The van der Waals surface area contributed by atoms with Crippen molar-refractivity contribution in [1.29, 1.82) is 0 Å². The summed E-state index contributed by atoms with van der Waals surface area (Å²) in [6, 6.07) is -0.878. The molecule has 0 spiro atoms. The summed E-state index contributed by atoms with van der Waals surface area (Å²) < 4.78 is 40.6. The number of nitrogens with zero attached hydrogens (tertiary/aromatic N) is 1. The van der Waals surface area contributed by atoms with Gasteiger partial charge in [-0.3, -0.25) is 0 Å². The molecule has 17 heavy (non-hydrogen) atoms. The van der Waals surface area contributed by atoms with Crippen molar-refractivity contribution in [3.8, 4) is 0 Å². The van der Waals surface area contributed by atoms with Crippen LogP contribution < -0.4 is 21.5 Å². The third-order valence-electron chi connectivity index (χ3n) is 2.54. The third-order valence-corrected chi connectivity index (χ3v) is 6.49. The minimum absolute atomic E-state index is 0. The second-order valence-electron chi connectivity index (χ2n) is 3.85. The van der Waals surface area contributed by atoms with E-state index in [2.05, 4.69) is 0 Å². The van der Waals surface area contributed by atoms with Crippen molar-refractivity contribution in [2.75, 3.05) is 11.0 Å². The van der Waals surface area contributed by atoms with E-state index >= 15 is 0 Å². The number of halogens is 4. The third kappa shape index (κ3) is 5.61. The molecule has 0 saturated heterocycles. The number of likely N-dealkylation sites (N-methyl/N-ethyl adjacent to an activating group) is 1. The van der Waals surface area contributed by atoms with Crippen LogP contribution in [-0.4, -0.2) is 37.0 Å². The molecule has 110 valence electrons. The first-order valence-electron chi connectivity index (χ1n) is 5.33. The van der Waals surface area contributed by atoms with Crippen molar-refractivity contribution in [3.05, 3.63) is 0 Å². The zero-order chi connectivity index (χ0) is 13.0. The van der Waals surface area contributed by atoms with Crippen molar-refractivity contribution in [3.63, 3.8) is 0 Å². The Bertz CT molecular complexity index is 214. The second kappa shape index (κ2) is 8.17. The Balaban J connectivity index is 0. The van der Waals surface area contributed by atoms with E-state index in [0.717, 1.165) is 17.8 Å². The summed E-state index contributed by atoms with van der Waals surface area (Å²) in [5, 5.41) is 9.57. The van der Waals surface area contributed by atoms with Gasteiger partial charge in [-0.05, 0) is 0 Å². The van der Waals surface area contributed by atoms with E-state index in [-0.39, 0.29) is 16.5 Å². The Morgan fingerprint density at radius 2 is 1.76 bits per heavy atom. The molecular formula is C10H20F3INNiO-. The monoisotopic (exact) mass is 412 g/mol. The largest absolute Gasteiger partial charge is 0 e. The first-order valence-corrected chi connectivity index (χ1v) is 7.82. The van der Waals surface area contributed by atoms with Crippen molar-refractivity contribution in [2.24, 2.45) is 0 Å². The van der Waals surface area contributed by atoms with E-state index in [1.54, 1.807) is 3.11 Å². The smallest absolute Gasteiger partial charge is 0 e. The van der Waals surface area contributed by atoms with Crippen LogP contribution in [0.1, 0.15) is 34.1 Å². The van der Waals surface area contributed by atoms with Crippen LogP contribution in [0.4, 0.5) is 13.2 Å². The molecule has 2 unspecified atom stereocenters. The Morgan fingerprint density at radius 1 is 1.29 bits per heavy atom. The fourth-order valence-corrected chi connectivity index (χ4v) is 3.88. The van der Waals surface area contributed by atoms with Gasteiger partial charge in [-0.1, -0.05) is 0 Å². The van der Waals surface area contributed by atoms with Gasteiger partial charge in [0.1, 0.15) is 0 Å². The molecule has 0 fully saturated rings. The molecule has 0 aromatic heterocycles. The molecule has 0 heterocycles. The molecule has 7 heteroatoms. The molecule has 2 atom stereocenters. The van der Waals surface area contributed by atoms with Crippen molar-refractivity contribution < 1.29 is 56.2 Å². The molecule has 0 amide bonds. The van der Waals surface area contributed by atoms with Gasteiger partial charge in [0.2, 0.25) is 0 Å². The normalized spacial score (nSPS) is 17.7. The zero-order valence-corrected chi connectivity index (χ0v) is 13.6.